The van der Waals surface area contributed by atoms with Crippen molar-refractivity contribution >= 4 is 6.29 Å². The maximum Gasteiger partial charge on any atom is 0.188 e. The summed E-state index contributed by atoms with van der Waals surface area (Å²) in [5.74, 6) is 0.469. The molecule has 5 nitrogen and oxygen atoms in total. The summed E-state index contributed by atoms with van der Waals surface area (Å²) in [4.78, 5) is 10.9. The van der Waals surface area contributed by atoms with Gasteiger partial charge in [-0.15, -0.1) is 0 Å². The van der Waals surface area contributed by atoms with Gasteiger partial charge in [0.1, 0.15) is 5.75 Å². The van der Waals surface area contributed by atoms with E-state index in [1.807, 2.05) is 0 Å². The first-order chi connectivity index (χ1) is 8.26. The van der Waals surface area contributed by atoms with E-state index in [2.05, 4.69) is 0 Å². The van der Waals surface area contributed by atoms with Crippen LogP contribution in [-0.4, -0.2) is 34.4 Å². The zero-order valence-corrected chi connectivity index (χ0v) is 10.1. The van der Waals surface area contributed by atoms with E-state index < -0.39 is 6.29 Å². The first kappa shape index (κ1) is 13.6. The lowest BCUT2D eigenvalue weighted by molar-refractivity contribution is -0.106. The number of hydrogen-bond donors (Lipinski definition) is 0. The zero-order chi connectivity index (χ0) is 12.7. The Hall–Kier alpha value is -1.43. The van der Waals surface area contributed by atoms with Gasteiger partial charge in [0, 0.05) is 26.9 Å². The molecule has 0 unspecified atom stereocenters. The molecule has 0 aliphatic carbocycles. The largest absolute Gasteiger partial charge is 0.467 e. The number of benzene rings is 1. The predicted molar refractivity (Wildman–Crippen MR) is 61.1 cm³/mol. The van der Waals surface area contributed by atoms with Gasteiger partial charge in [0.15, 0.2) is 19.4 Å². The third kappa shape index (κ3) is 3.52. The third-order valence-corrected chi connectivity index (χ3v) is 2.19. The molecule has 0 aromatic heterocycles. The molecule has 0 amide bonds. The lowest BCUT2D eigenvalue weighted by atomic mass is 10.1. The normalized spacial score (nSPS) is 10.6. The lowest BCUT2D eigenvalue weighted by Crippen LogP contribution is -2.06. The maximum absolute atomic E-state index is 10.9. The van der Waals surface area contributed by atoms with Crippen molar-refractivity contribution in [2.75, 3.05) is 28.1 Å². The highest BCUT2D eigenvalue weighted by molar-refractivity contribution is 5.79. The summed E-state index contributed by atoms with van der Waals surface area (Å²) in [6.45, 7) is 0.0954. The smallest absolute Gasteiger partial charge is 0.188 e. The Morgan fingerprint density at radius 2 is 1.94 bits per heavy atom. The lowest BCUT2D eigenvalue weighted by Gasteiger charge is -2.15. The number of hydrogen-bond acceptors (Lipinski definition) is 5. The van der Waals surface area contributed by atoms with Crippen molar-refractivity contribution in [3.63, 3.8) is 0 Å². The molecule has 5 heteroatoms. The van der Waals surface area contributed by atoms with Crippen LogP contribution in [-0.2, 0) is 14.2 Å². The van der Waals surface area contributed by atoms with Gasteiger partial charge in [-0.25, -0.2) is 0 Å². The summed E-state index contributed by atoms with van der Waals surface area (Å²) >= 11 is 0. The SMILES string of the molecule is COCOc1ccc(C(OC)OC)cc1C=O. The summed E-state index contributed by atoms with van der Waals surface area (Å²) in [5.41, 5.74) is 1.18. The van der Waals surface area contributed by atoms with Gasteiger partial charge in [-0.2, -0.15) is 0 Å². The third-order valence-electron chi connectivity index (χ3n) is 2.19. The minimum atomic E-state index is -0.495. The Kier molecular flexibility index (Phi) is 5.62. The molecule has 1 rings (SSSR count). The topological polar surface area (TPSA) is 54.0 Å². The van der Waals surface area contributed by atoms with Crippen LogP contribution in [0.15, 0.2) is 18.2 Å². The van der Waals surface area contributed by atoms with Crippen molar-refractivity contribution in [2.45, 2.75) is 6.29 Å². The van der Waals surface area contributed by atoms with E-state index in [0.29, 0.717) is 11.3 Å². The Morgan fingerprint density at radius 1 is 1.24 bits per heavy atom. The average molecular weight is 240 g/mol. The van der Waals surface area contributed by atoms with Gasteiger partial charge in [-0.05, 0) is 12.1 Å². The summed E-state index contributed by atoms with van der Waals surface area (Å²) in [6, 6.07) is 5.12. The number of carbonyl (C=O) groups is 1. The molecule has 94 valence electrons. The first-order valence-electron chi connectivity index (χ1n) is 5.03. The van der Waals surface area contributed by atoms with Crippen LogP contribution in [0.5, 0.6) is 5.75 Å². The summed E-state index contributed by atoms with van der Waals surface area (Å²) in [7, 11) is 4.58. The summed E-state index contributed by atoms with van der Waals surface area (Å²) in [5, 5.41) is 0. The van der Waals surface area contributed by atoms with E-state index in [4.69, 9.17) is 18.9 Å². The van der Waals surface area contributed by atoms with E-state index in [1.54, 1.807) is 18.2 Å². The van der Waals surface area contributed by atoms with Gasteiger partial charge in [-0.1, -0.05) is 6.07 Å². The molecule has 1 aromatic rings. The van der Waals surface area contributed by atoms with Crippen LogP contribution >= 0.6 is 0 Å². The molecule has 0 heterocycles. The molecule has 0 fully saturated rings. The Bertz CT molecular complexity index is 360. The molecule has 0 N–H and O–H groups in total. The molecule has 17 heavy (non-hydrogen) atoms. The van der Waals surface area contributed by atoms with Gasteiger partial charge in [0.05, 0.1) is 5.56 Å². The fourth-order valence-electron chi connectivity index (χ4n) is 1.43. The second-order valence-electron chi connectivity index (χ2n) is 3.27. The number of carbonyl (C=O) groups excluding carboxylic acids is 1. The van der Waals surface area contributed by atoms with Crippen LogP contribution in [0.1, 0.15) is 22.2 Å². The van der Waals surface area contributed by atoms with Gasteiger partial charge in [-0.3, -0.25) is 4.79 Å². The molecular formula is C12H16O5. The molecule has 1 aromatic carbocycles. The fourth-order valence-corrected chi connectivity index (χ4v) is 1.43. The molecule has 0 saturated carbocycles. The van der Waals surface area contributed by atoms with E-state index >= 15 is 0 Å². The van der Waals surface area contributed by atoms with Gasteiger partial charge in [0.2, 0.25) is 0 Å². The van der Waals surface area contributed by atoms with Crippen LogP contribution < -0.4 is 4.74 Å². The molecule has 0 atom stereocenters. The zero-order valence-electron chi connectivity index (χ0n) is 10.1. The number of aldehydes is 1. The van der Waals surface area contributed by atoms with Crippen molar-refractivity contribution in [1.29, 1.82) is 0 Å². The molecular weight excluding hydrogens is 224 g/mol. The summed E-state index contributed by atoms with van der Waals surface area (Å²) < 4.78 is 20.2. The number of ether oxygens (including phenoxy) is 4. The van der Waals surface area contributed by atoms with Crippen LogP contribution in [0.3, 0.4) is 0 Å². The highest BCUT2D eigenvalue weighted by atomic mass is 16.7. The quantitative estimate of drug-likeness (QED) is 0.537. The molecule has 0 bridgehead atoms. The highest BCUT2D eigenvalue weighted by Crippen LogP contribution is 2.24. The van der Waals surface area contributed by atoms with Gasteiger partial charge in [0.25, 0.3) is 0 Å². The Morgan fingerprint density at radius 3 is 2.47 bits per heavy atom. The Balaban J connectivity index is 2.94. The van der Waals surface area contributed by atoms with Crippen molar-refractivity contribution in [3.8, 4) is 5.75 Å². The van der Waals surface area contributed by atoms with Crippen molar-refractivity contribution in [2.24, 2.45) is 0 Å². The van der Waals surface area contributed by atoms with Crippen LogP contribution in [0.25, 0.3) is 0 Å². The fraction of sp³-hybridized carbons (Fsp3) is 0.417. The molecule has 0 aliphatic heterocycles. The maximum atomic E-state index is 10.9. The standard InChI is InChI=1S/C12H16O5/c1-14-8-17-11-5-4-9(6-10(11)7-13)12(15-2)16-3/h4-7,12H,8H2,1-3H3. The average Bonchev–Trinajstić information content (AvgIpc) is 2.38. The molecule has 0 radical (unpaired) electrons. The van der Waals surface area contributed by atoms with Crippen molar-refractivity contribution < 1.29 is 23.7 Å². The number of methoxy groups -OCH3 is 3. The van der Waals surface area contributed by atoms with E-state index in [9.17, 15) is 4.79 Å². The number of rotatable bonds is 7. The van der Waals surface area contributed by atoms with Gasteiger partial charge >= 0.3 is 0 Å². The molecule has 0 saturated heterocycles. The van der Waals surface area contributed by atoms with Crippen LogP contribution in [0.2, 0.25) is 0 Å². The Labute approximate surface area is 100 Å². The molecule has 0 aliphatic rings. The molecule has 0 spiro atoms. The minimum absolute atomic E-state index is 0.0954. The van der Waals surface area contributed by atoms with Crippen molar-refractivity contribution in [1.82, 2.24) is 0 Å². The van der Waals surface area contributed by atoms with Gasteiger partial charge < -0.3 is 18.9 Å². The van der Waals surface area contributed by atoms with E-state index in [1.165, 1.54) is 21.3 Å². The van der Waals surface area contributed by atoms with E-state index in [-0.39, 0.29) is 6.79 Å². The second-order valence-corrected chi connectivity index (χ2v) is 3.27. The van der Waals surface area contributed by atoms with Crippen LogP contribution in [0.4, 0.5) is 0 Å². The minimum Gasteiger partial charge on any atom is -0.467 e. The monoisotopic (exact) mass is 240 g/mol. The second kappa shape index (κ2) is 7.01. The summed E-state index contributed by atoms with van der Waals surface area (Å²) in [6.07, 6.45) is 0.224. The van der Waals surface area contributed by atoms with Crippen LogP contribution in [0, 0.1) is 0 Å². The van der Waals surface area contributed by atoms with Crippen molar-refractivity contribution in [3.05, 3.63) is 29.3 Å². The van der Waals surface area contributed by atoms with E-state index in [0.717, 1.165) is 11.8 Å². The first-order valence-corrected chi connectivity index (χ1v) is 5.03. The highest BCUT2D eigenvalue weighted by Gasteiger charge is 2.12. The predicted octanol–water partition coefficient (Wildman–Crippen LogP) is 1.77.